The molecule has 1 saturated heterocycles. The Labute approximate surface area is 66.0 Å². The molecule has 0 spiro atoms. The van der Waals surface area contributed by atoms with Gasteiger partial charge in [-0.25, -0.2) is 0 Å². The molecule has 0 saturated carbocycles. The Bertz CT molecular complexity index is 149. The third-order valence-electron chi connectivity index (χ3n) is 1.92. The molecule has 3 N–H and O–H groups in total. The van der Waals surface area contributed by atoms with Crippen LogP contribution in [-0.2, 0) is 4.79 Å². The number of carboxylic acid groups (broad SMARTS) is 1. The van der Waals surface area contributed by atoms with Crippen LogP contribution in [0.3, 0.4) is 0 Å². The van der Waals surface area contributed by atoms with Crippen LogP contribution in [0.15, 0.2) is 0 Å². The van der Waals surface area contributed by atoms with Crippen molar-refractivity contribution >= 4 is 5.97 Å². The van der Waals surface area contributed by atoms with Crippen LogP contribution in [0.4, 0.5) is 0 Å². The summed E-state index contributed by atoms with van der Waals surface area (Å²) in [5.74, 6) is -0.745. The van der Waals surface area contributed by atoms with Gasteiger partial charge < -0.3 is 15.7 Å². The molecule has 64 valence electrons. The van der Waals surface area contributed by atoms with Crippen molar-refractivity contribution in [3.8, 4) is 0 Å². The predicted molar refractivity (Wildman–Crippen MR) is 41.5 cm³/mol. The van der Waals surface area contributed by atoms with Crippen molar-refractivity contribution in [3.63, 3.8) is 0 Å². The van der Waals surface area contributed by atoms with E-state index in [1.54, 1.807) is 0 Å². The first kappa shape index (κ1) is 8.49. The van der Waals surface area contributed by atoms with Crippen LogP contribution in [-0.4, -0.2) is 36.2 Å². The molecular formula is C7H14N2O2. The number of likely N-dealkylation sites (N-methyl/N-ethyl adjacent to an activating group) is 1. The van der Waals surface area contributed by atoms with Gasteiger partial charge in [0.15, 0.2) is 0 Å². The lowest BCUT2D eigenvalue weighted by atomic mass is 10.2. The summed E-state index contributed by atoms with van der Waals surface area (Å²) in [5, 5.41) is 14.7. The van der Waals surface area contributed by atoms with Gasteiger partial charge >= 0.3 is 5.97 Å². The summed E-state index contributed by atoms with van der Waals surface area (Å²) >= 11 is 0. The molecular weight excluding hydrogens is 144 g/mol. The van der Waals surface area contributed by atoms with E-state index in [4.69, 9.17) is 5.11 Å². The lowest BCUT2D eigenvalue weighted by Gasteiger charge is -2.07. The second kappa shape index (κ2) is 3.69. The molecule has 4 heteroatoms. The first-order valence-corrected chi connectivity index (χ1v) is 3.93. The highest BCUT2D eigenvalue weighted by Gasteiger charge is 2.27. The Morgan fingerprint density at radius 2 is 2.55 bits per heavy atom. The highest BCUT2D eigenvalue weighted by molar-refractivity contribution is 5.73. The molecule has 0 radical (unpaired) electrons. The summed E-state index contributed by atoms with van der Waals surface area (Å²) in [6, 6.07) is -0.0138. The molecule has 1 rings (SSSR count). The molecule has 2 atom stereocenters. The molecule has 0 bridgehead atoms. The zero-order chi connectivity index (χ0) is 8.27. The highest BCUT2D eigenvalue weighted by Crippen LogP contribution is 2.05. The Hall–Kier alpha value is -0.610. The van der Waals surface area contributed by atoms with Crippen molar-refractivity contribution < 1.29 is 9.90 Å². The van der Waals surface area contributed by atoms with Gasteiger partial charge in [0.25, 0.3) is 0 Å². The molecule has 0 aliphatic carbocycles. The van der Waals surface area contributed by atoms with Crippen LogP contribution in [0, 0.1) is 0 Å². The van der Waals surface area contributed by atoms with E-state index in [-0.39, 0.29) is 6.04 Å². The molecule has 1 aliphatic heterocycles. The van der Waals surface area contributed by atoms with E-state index < -0.39 is 5.97 Å². The fraction of sp³-hybridized carbons (Fsp3) is 0.857. The minimum absolute atomic E-state index is 0.334. The van der Waals surface area contributed by atoms with Gasteiger partial charge in [-0.2, -0.15) is 0 Å². The highest BCUT2D eigenvalue weighted by atomic mass is 16.4. The smallest absolute Gasteiger partial charge is 0.320 e. The minimum Gasteiger partial charge on any atom is -0.480 e. The second-order valence-corrected chi connectivity index (χ2v) is 2.79. The quantitative estimate of drug-likeness (QED) is 0.514. The third kappa shape index (κ3) is 2.17. The summed E-state index contributed by atoms with van der Waals surface area (Å²) in [4.78, 5) is 10.5. The van der Waals surface area contributed by atoms with Crippen molar-refractivity contribution in [1.82, 2.24) is 10.6 Å². The number of hydrogen-bond donors (Lipinski definition) is 3. The summed E-state index contributed by atoms with van der Waals surface area (Å²) < 4.78 is 0. The Morgan fingerprint density at radius 1 is 1.82 bits per heavy atom. The van der Waals surface area contributed by atoms with E-state index in [0.717, 1.165) is 13.1 Å². The summed E-state index contributed by atoms with van der Waals surface area (Å²) in [6.07, 6.45) is 0.698. The summed E-state index contributed by atoms with van der Waals surface area (Å²) in [6.45, 7) is 3.69. The normalized spacial score (nSPS) is 30.6. The van der Waals surface area contributed by atoms with E-state index in [0.29, 0.717) is 12.5 Å². The van der Waals surface area contributed by atoms with Gasteiger partial charge in [0, 0.05) is 12.6 Å². The van der Waals surface area contributed by atoms with Gasteiger partial charge in [0.1, 0.15) is 6.04 Å². The maximum absolute atomic E-state index is 10.5. The maximum Gasteiger partial charge on any atom is 0.320 e. The Kier molecular flexibility index (Phi) is 2.84. The number of aliphatic carboxylic acids is 1. The lowest BCUT2D eigenvalue weighted by Crippen LogP contribution is -2.30. The Morgan fingerprint density at radius 3 is 3.00 bits per heavy atom. The van der Waals surface area contributed by atoms with Crippen LogP contribution < -0.4 is 10.6 Å². The topological polar surface area (TPSA) is 61.4 Å². The standard InChI is InChI=1S/C7H14N2O2/c1-2-8-5-3-6(7(10)11)9-4-5/h5-6,8-9H,2-4H2,1H3,(H,10,11). The van der Waals surface area contributed by atoms with Gasteiger partial charge in [0.2, 0.25) is 0 Å². The fourth-order valence-electron chi connectivity index (χ4n) is 1.37. The fourth-order valence-corrected chi connectivity index (χ4v) is 1.37. The zero-order valence-corrected chi connectivity index (χ0v) is 6.63. The summed E-state index contributed by atoms with van der Waals surface area (Å²) in [5.41, 5.74) is 0. The monoisotopic (exact) mass is 158 g/mol. The molecule has 1 aliphatic rings. The van der Waals surface area contributed by atoms with Crippen molar-refractivity contribution in [1.29, 1.82) is 0 Å². The number of nitrogens with one attached hydrogen (secondary N) is 2. The van der Waals surface area contributed by atoms with Crippen LogP contribution >= 0.6 is 0 Å². The van der Waals surface area contributed by atoms with Crippen molar-refractivity contribution in [3.05, 3.63) is 0 Å². The van der Waals surface area contributed by atoms with Gasteiger partial charge in [0.05, 0.1) is 0 Å². The first-order valence-electron chi connectivity index (χ1n) is 3.93. The van der Waals surface area contributed by atoms with E-state index in [1.165, 1.54) is 0 Å². The lowest BCUT2D eigenvalue weighted by molar-refractivity contribution is -0.139. The average Bonchev–Trinajstić information content (AvgIpc) is 2.37. The molecule has 0 aromatic heterocycles. The number of rotatable bonds is 3. The van der Waals surface area contributed by atoms with Gasteiger partial charge in [-0.05, 0) is 13.0 Å². The van der Waals surface area contributed by atoms with E-state index in [1.807, 2.05) is 6.92 Å². The molecule has 1 heterocycles. The Balaban J connectivity index is 2.29. The predicted octanol–water partition coefficient (Wildman–Crippen LogP) is -0.589. The number of carbonyl (C=O) groups is 1. The summed E-state index contributed by atoms with van der Waals surface area (Å²) in [7, 11) is 0. The van der Waals surface area contributed by atoms with E-state index in [9.17, 15) is 4.79 Å². The molecule has 0 aromatic rings. The third-order valence-corrected chi connectivity index (χ3v) is 1.92. The largest absolute Gasteiger partial charge is 0.480 e. The van der Waals surface area contributed by atoms with Crippen molar-refractivity contribution in [2.45, 2.75) is 25.4 Å². The zero-order valence-electron chi connectivity index (χ0n) is 6.63. The first-order chi connectivity index (χ1) is 5.24. The van der Waals surface area contributed by atoms with Crippen molar-refractivity contribution in [2.75, 3.05) is 13.1 Å². The number of hydrogen-bond acceptors (Lipinski definition) is 3. The molecule has 0 aromatic carbocycles. The van der Waals surface area contributed by atoms with Crippen LogP contribution in [0.1, 0.15) is 13.3 Å². The van der Waals surface area contributed by atoms with E-state index >= 15 is 0 Å². The van der Waals surface area contributed by atoms with Gasteiger partial charge in [-0.1, -0.05) is 6.92 Å². The second-order valence-electron chi connectivity index (χ2n) is 2.79. The molecule has 1 fully saturated rings. The molecule has 11 heavy (non-hydrogen) atoms. The minimum atomic E-state index is -0.745. The molecule has 2 unspecified atom stereocenters. The number of carboxylic acids is 1. The molecule has 0 amide bonds. The SMILES string of the molecule is CCNC1CNC(C(=O)O)C1. The maximum atomic E-state index is 10.5. The van der Waals surface area contributed by atoms with Crippen LogP contribution in [0.5, 0.6) is 0 Å². The van der Waals surface area contributed by atoms with E-state index in [2.05, 4.69) is 10.6 Å². The van der Waals surface area contributed by atoms with Crippen molar-refractivity contribution in [2.24, 2.45) is 0 Å². The van der Waals surface area contributed by atoms with Crippen LogP contribution in [0.2, 0.25) is 0 Å². The van der Waals surface area contributed by atoms with Gasteiger partial charge in [-0.15, -0.1) is 0 Å². The van der Waals surface area contributed by atoms with Gasteiger partial charge in [-0.3, -0.25) is 4.79 Å². The average molecular weight is 158 g/mol. The van der Waals surface area contributed by atoms with Crippen LogP contribution in [0.25, 0.3) is 0 Å². The molecule has 4 nitrogen and oxygen atoms in total.